The van der Waals surface area contributed by atoms with Gasteiger partial charge in [-0.1, -0.05) is 56.2 Å². The number of hydrogen-bond donors (Lipinski definition) is 0. The highest BCUT2D eigenvalue weighted by Crippen LogP contribution is 2.31. The molecule has 0 saturated heterocycles. The van der Waals surface area contributed by atoms with Crippen LogP contribution in [0.2, 0.25) is 0 Å². The monoisotopic (exact) mass is 258 g/mol. The number of rotatable bonds is 9. The van der Waals surface area contributed by atoms with Crippen molar-refractivity contribution in [1.29, 1.82) is 0 Å². The number of benzene rings is 1. The maximum Gasteiger partial charge on any atom is 0.130 e. The number of carbonyl (C=O) groups is 1. The summed E-state index contributed by atoms with van der Waals surface area (Å²) < 4.78 is 0. The Kier molecular flexibility index (Phi) is 7.17. The maximum absolute atomic E-state index is 11.5. The van der Waals surface area contributed by atoms with E-state index in [2.05, 4.69) is 37.8 Å². The van der Waals surface area contributed by atoms with Gasteiger partial charge >= 0.3 is 0 Å². The molecule has 1 nitrogen and oxygen atoms in total. The smallest absolute Gasteiger partial charge is 0.130 e. The maximum atomic E-state index is 11.5. The van der Waals surface area contributed by atoms with E-state index in [4.69, 9.17) is 0 Å². The Bertz CT molecular complexity index is 380. The predicted molar refractivity (Wildman–Crippen MR) is 82.3 cm³/mol. The van der Waals surface area contributed by atoms with Crippen molar-refractivity contribution in [2.24, 2.45) is 5.92 Å². The molecule has 2 atom stereocenters. The summed E-state index contributed by atoms with van der Waals surface area (Å²) in [6.45, 7) is 7.77. The Hall–Kier alpha value is -1.37. The van der Waals surface area contributed by atoms with Gasteiger partial charge in [0.05, 0.1) is 0 Å². The molecule has 1 heteroatoms. The van der Waals surface area contributed by atoms with Crippen molar-refractivity contribution in [3.63, 3.8) is 0 Å². The first-order valence-corrected chi connectivity index (χ1v) is 7.32. The van der Waals surface area contributed by atoms with Gasteiger partial charge in [0.25, 0.3) is 0 Å². The fraction of sp³-hybridized carbons (Fsp3) is 0.500. The van der Waals surface area contributed by atoms with Gasteiger partial charge in [0.2, 0.25) is 0 Å². The van der Waals surface area contributed by atoms with Crippen LogP contribution in [0.4, 0.5) is 0 Å². The van der Waals surface area contributed by atoms with E-state index < -0.39 is 0 Å². The van der Waals surface area contributed by atoms with Crippen molar-refractivity contribution < 1.29 is 4.79 Å². The first-order chi connectivity index (χ1) is 9.17. The minimum Gasteiger partial charge on any atom is -0.300 e. The third-order valence-electron chi connectivity index (χ3n) is 3.62. The first-order valence-electron chi connectivity index (χ1n) is 7.32. The molecular formula is C18H26O. The molecule has 104 valence electrons. The van der Waals surface area contributed by atoms with Gasteiger partial charge in [-0.15, -0.1) is 6.58 Å². The zero-order valence-corrected chi connectivity index (χ0v) is 12.3. The second kappa shape index (κ2) is 8.68. The van der Waals surface area contributed by atoms with Crippen molar-refractivity contribution in [2.75, 3.05) is 0 Å². The van der Waals surface area contributed by atoms with Crippen LogP contribution in [0.3, 0.4) is 0 Å². The summed E-state index contributed by atoms with van der Waals surface area (Å²) >= 11 is 0. The summed E-state index contributed by atoms with van der Waals surface area (Å²) in [5, 5.41) is 0. The highest BCUT2D eigenvalue weighted by atomic mass is 16.1. The van der Waals surface area contributed by atoms with Crippen molar-refractivity contribution in [1.82, 2.24) is 0 Å². The highest BCUT2D eigenvalue weighted by Gasteiger charge is 2.18. The summed E-state index contributed by atoms with van der Waals surface area (Å²) in [6.07, 6.45) is 7.21. The van der Waals surface area contributed by atoms with Gasteiger partial charge < -0.3 is 4.79 Å². The van der Waals surface area contributed by atoms with E-state index in [0.29, 0.717) is 18.3 Å². The highest BCUT2D eigenvalue weighted by molar-refractivity contribution is 5.76. The Morgan fingerprint density at radius 1 is 1.32 bits per heavy atom. The SMILES string of the molecule is C=CCC(CCC)CC(CC(C)=O)c1ccccc1. The van der Waals surface area contributed by atoms with E-state index in [1.54, 1.807) is 6.92 Å². The van der Waals surface area contributed by atoms with E-state index in [9.17, 15) is 4.79 Å². The Morgan fingerprint density at radius 3 is 2.53 bits per heavy atom. The summed E-state index contributed by atoms with van der Waals surface area (Å²) in [7, 11) is 0. The van der Waals surface area contributed by atoms with Crippen molar-refractivity contribution in [2.45, 2.75) is 51.9 Å². The molecule has 1 aromatic rings. The van der Waals surface area contributed by atoms with Crippen LogP contribution < -0.4 is 0 Å². The van der Waals surface area contributed by atoms with Gasteiger partial charge in [0.15, 0.2) is 0 Å². The molecule has 2 unspecified atom stereocenters. The number of ketones is 1. The lowest BCUT2D eigenvalue weighted by Crippen LogP contribution is -2.10. The van der Waals surface area contributed by atoms with Crippen LogP contribution in [0.15, 0.2) is 43.0 Å². The predicted octanol–water partition coefficient (Wildman–Crippen LogP) is 5.13. The van der Waals surface area contributed by atoms with Crippen LogP contribution >= 0.6 is 0 Å². The van der Waals surface area contributed by atoms with Gasteiger partial charge in [-0.05, 0) is 37.2 Å². The van der Waals surface area contributed by atoms with E-state index in [1.807, 2.05) is 12.1 Å². The fourth-order valence-corrected chi connectivity index (χ4v) is 2.79. The van der Waals surface area contributed by atoms with Gasteiger partial charge in [-0.2, -0.15) is 0 Å². The zero-order valence-electron chi connectivity index (χ0n) is 12.3. The molecule has 0 heterocycles. The molecule has 0 aliphatic heterocycles. The third-order valence-corrected chi connectivity index (χ3v) is 3.62. The fourth-order valence-electron chi connectivity index (χ4n) is 2.79. The minimum atomic E-state index is 0.280. The van der Waals surface area contributed by atoms with Crippen LogP contribution in [0.5, 0.6) is 0 Å². The topological polar surface area (TPSA) is 17.1 Å². The van der Waals surface area contributed by atoms with E-state index >= 15 is 0 Å². The minimum absolute atomic E-state index is 0.280. The lowest BCUT2D eigenvalue weighted by Gasteiger charge is -2.22. The molecule has 0 bridgehead atoms. The second-order valence-corrected chi connectivity index (χ2v) is 5.43. The summed E-state index contributed by atoms with van der Waals surface area (Å²) in [5.41, 5.74) is 1.29. The second-order valence-electron chi connectivity index (χ2n) is 5.43. The normalized spacial score (nSPS) is 13.8. The van der Waals surface area contributed by atoms with E-state index in [1.165, 1.54) is 18.4 Å². The number of carbonyl (C=O) groups excluding carboxylic acids is 1. The summed E-state index contributed by atoms with van der Waals surface area (Å²) in [5.74, 6) is 1.28. The molecule has 1 aromatic carbocycles. The molecule has 1 rings (SSSR count). The summed E-state index contributed by atoms with van der Waals surface area (Å²) in [4.78, 5) is 11.5. The van der Waals surface area contributed by atoms with Crippen molar-refractivity contribution in [3.8, 4) is 0 Å². The van der Waals surface area contributed by atoms with Crippen LogP contribution in [0.1, 0.15) is 57.4 Å². The quantitative estimate of drug-likeness (QED) is 0.561. The van der Waals surface area contributed by atoms with Crippen molar-refractivity contribution in [3.05, 3.63) is 48.6 Å². The zero-order chi connectivity index (χ0) is 14.1. The average Bonchev–Trinajstić information content (AvgIpc) is 2.39. The third kappa shape index (κ3) is 5.87. The first kappa shape index (κ1) is 15.7. The molecule has 0 aliphatic rings. The molecule has 0 N–H and O–H groups in total. The molecule has 0 radical (unpaired) electrons. The van der Waals surface area contributed by atoms with Crippen LogP contribution in [0.25, 0.3) is 0 Å². The van der Waals surface area contributed by atoms with Crippen molar-refractivity contribution >= 4 is 5.78 Å². The molecular weight excluding hydrogens is 232 g/mol. The van der Waals surface area contributed by atoms with E-state index in [0.717, 1.165) is 12.8 Å². The van der Waals surface area contributed by atoms with E-state index in [-0.39, 0.29) is 5.78 Å². The Morgan fingerprint density at radius 2 is 2.00 bits per heavy atom. The van der Waals surface area contributed by atoms with Gasteiger partial charge in [0.1, 0.15) is 5.78 Å². The van der Waals surface area contributed by atoms with Crippen LogP contribution in [-0.2, 0) is 4.79 Å². The number of Topliss-reactive ketones (excluding diaryl/α,β-unsaturated/α-hetero) is 1. The molecule has 0 fully saturated rings. The van der Waals surface area contributed by atoms with Crippen LogP contribution in [-0.4, -0.2) is 5.78 Å². The number of allylic oxidation sites excluding steroid dienone is 1. The molecule has 0 amide bonds. The summed E-state index contributed by atoms with van der Waals surface area (Å²) in [6, 6.07) is 10.4. The Balaban J connectivity index is 2.78. The lowest BCUT2D eigenvalue weighted by molar-refractivity contribution is -0.117. The largest absolute Gasteiger partial charge is 0.300 e. The number of hydrogen-bond acceptors (Lipinski definition) is 1. The van der Waals surface area contributed by atoms with Gasteiger partial charge in [-0.25, -0.2) is 0 Å². The Labute approximate surface area is 117 Å². The molecule has 19 heavy (non-hydrogen) atoms. The average molecular weight is 258 g/mol. The van der Waals surface area contributed by atoms with Gasteiger partial charge in [0, 0.05) is 6.42 Å². The molecule has 0 aromatic heterocycles. The molecule has 0 spiro atoms. The standard InChI is InChI=1S/C18H26O/c1-4-9-16(10-5-2)14-18(13-15(3)19)17-11-7-6-8-12-17/h4,6-8,11-12,16,18H,1,5,9-10,13-14H2,2-3H3. The molecule has 0 saturated carbocycles. The lowest BCUT2D eigenvalue weighted by atomic mass is 9.82. The van der Waals surface area contributed by atoms with Gasteiger partial charge in [-0.3, -0.25) is 0 Å². The molecule has 0 aliphatic carbocycles. The van der Waals surface area contributed by atoms with Crippen LogP contribution in [0, 0.1) is 5.92 Å².